The summed E-state index contributed by atoms with van der Waals surface area (Å²) in [6.07, 6.45) is 0. The van der Waals surface area contributed by atoms with Crippen LogP contribution in [0.1, 0.15) is 0 Å². The third-order valence-electron chi connectivity index (χ3n) is 1.79. The molecule has 1 atom stereocenters. The Morgan fingerprint density at radius 2 is 1.75 bits per heavy atom. The van der Waals surface area contributed by atoms with Crippen LogP contribution in [0.15, 0.2) is 35.2 Å². The van der Waals surface area contributed by atoms with E-state index in [4.69, 9.17) is 13.7 Å². The average molecular weight is 244 g/mol. The highest BCUT2D eigenvalue weighted by Crippen LogP contribution is 2.05. The molecule has 90 valence electrons. The van der Waals surface area contributed by atoms with Crippen molar-refractivity contribution in [3.63, 3.8) is 0 Å². The van der Waals surface area contributed by atoms with E-state index in [9.17, 15) is 4.21 Å². The molecule has 0 saturated heterocycles. The Balaban J connectivity index is 2.12. The van der Waals surface area contributed by atoms with Crippen molar-refractivity contribution in [2.24, 2.45) is 0 Å². The van der Waals surface area contributed by atoms with Gasteiger partial charge in [-0.2, -0.15) is 0 Å². The topological polar surface area (TPSA) is 44.8 Å². The summed E-state index contributed by atoms with van der Waals surface area (Å²) < 4.78 is 26.6. The van der Waals surface area contributed by atoms with Crippen molar-refractivity contribution in [2.45, 2.75) is 4.90 Å². The molecule has 1 aromatic rings. The van der Waals surface area contributed by atoms with E-state index < -0.39 is 11.1 Å². The number of ether oxygens (including phenoxy) is 2. The van der Waals surface area contributed by atoms with E-state index in [0.717, 1.165) is 0 Å². The predicted octanol–water partition coefficient (Wildman–Crippen LogP) is 1.39. The monoisotopic (exact) mass is 244 g/mol. The Morgan fingerprint density at radius 3 is 2.44 bits per heavy atom. The summed E-state index contributed by atoms with van der Waals surface area (Å²) in [5.41, 5.74) is 0. The number of benzene rings is 1. The lowest BCUT2D eigenvalue weighted by atomic mass is 10.4. The molecule has 0 heterocycles. The van der Waals surface area contributed by atoms with Gasteiger partial charge in [-0.1, -0.05) is 18.2 Å². The number of methoxy groups -OCH3 is 1. The molecule has 1 rings (SSSR count). The van der Waals surface area contributed by atoms with E-state index in [2.05, 4.69) is 0 Å². The molecule has 0 aliphatic heterocycles. The third-order valence-corrected chi connectivity index (χ3v) is 2.82. The van der Waals surface area contributed by atoms with Crippen molar-refractivity contribution < 1.29 is 17.9 Å². The van der Waals surface area contributed by atoms with Gasteiger partial charge in [0.15, 0.2) is 11.1 Å². The zero-order valence-corrected chi connectivity index (χ0v) is 10.1. The molecule has 0 aliphatic rings. The Hall–Kier alpha value is -0.750. The molecule has 0 amide bonds. The van der Waals surface area contributed by atoms with Gasteiger partial charge in [0.25, 0.3) is 0 Å². The lowest BCUT2D eigenvalue weighted by molar-refractivity contribution is 0.0566. The van der Waals surface area contributed by atoms with E-state index in [1.807, 2.05) is 18.2 Å². The molecule has 1 aromatic carbocycles. The first-order valence-corrected chi connectivity index (χ1v) is 6.09. The molecule has 0 fully saturated rings. The highest BCUT2D eigenvalue weighted by Gasteiger charge is 2.02. The number of rotatable bonds is 8. The molecule has 5 heteroatoms. The van der Waals surface area contributed by atoms with Gasteiger partial charge in [-0.15, -0.1) is 0 Å². The average Bonchev–Trinajstić information content (AvgIpc) is 2.34. The first-order valence-electron chi connectivity index (χ1n) is 5.01. The van der Waals surface area contributed by atoms with Crippen molar-refractivity contribution in [3.05, 3.63) is 30.3 Å². The Morgan fingerprint density at radius 1 is 1.06 bits per heavy atom. The first-order chi connectivity index (χ1) is 7.84. The van der Waals surface area contributed by atoms with Crippen LogP contribution in [-0.4, -0.2) is 37.7 Å². The molecule has 0 bridgehead atoms. The molecular formula is C11H16O4S. The maximum Gasteiger partial charge on any atom is 0.189 e. The lowest BCUT2D eigenvalue weighted by Crippen LogP contribution is -2.09. The summed E-state index contributed by atoms with van der Waals surface area (Å²) in [7, 11) is 1.62. The summed E-state index contributed by atoms with van der Waals surface area (Å²) in [5, 5.41) is 0. The fourth-order valence-electron chi connectivity index (χ4n) is 1.01. The Kier molecular flexibility index (Phi) is 7.00. The maximum absolute atomic E-state index is 11.5. The lowest BCUT2D eigenvalue weighted by Gasteiger charge is -2.04. The van der Waals surface area contributed by atoms with E-state index in [1.54, 1.807) is 19.2 Å². The zero-order chi connectivity index (χ0) is 11.6. The minimum atomic E-state index is -1.40. The van der Waals surface area contributed by atoms with E-state index in [0.29, 0.717) is 31.3 Å². The summed E-state index contributed by atoms with van der Waals surface area (Å²) in [4.78, 5) is 0.666. The minimum Gasteiger partial charge on any atom is -0.382 e. The van der Waals surface area contributed by atoms with Gasteiger partial charge in [-0.05, 0) is 12.1 Å². The van der Waals surface area contributed by atoms with Crippen LogP contribution in [0.3, 0.4) is 0 Å². The van der Waals surface area contributed by atoms with E-state index >= 15 is 0 Å². The van der Waals surface area contributed by atoms with Crippen molar-refractivity contribution in [3.8, 4) is 0 Å². The summed E-state index contributed by atoms with van der Waals surface area (Å²) >= 11 is -1.40. The van der Waals surface area contributed by atoms with Crippen LogP contribution >= 0.6 is 0 Å². The van der Waals surface area contributed by atoms with E-state index in [1.165, 1.54) is 0 Å². The smallest absolute Gasteiger partial charge is 0.189 e. The van der Waals surface area contributed by atoms with Crippen molar-refractivity contribution in [2.75, 3.05) is 33.5 Å². The zero-order valence-electron chi connectivity index (χ0n) is 9.26. The van der Waals surface area contributed by atoms with Crippen LogP contribution in [0.25, 0.3) is 0 Å². The highest BCUT2D eigenvalue weighted by atomic mass is 32.2. The van der Waals surface area contributed by atoms with Crippen LogP contribution in [0.4, 0.5) is 0 Å². The predicted molar refractivity (Wildman–Crippen MR) is 61.5 cm³/mol. The Bertz CT molecular complexity index is 302. The van der Waals surface area contributed by atoms with Gasteiger partial charge in [-0.25, -0.2) is 4.21 Å². The quantitative estimate of drug-likeness (QED) is 0.648. The second kappa shape index (κ2) is 8.41. The fourth-order valence-corrected chi connectivity index (χ4v) is 1.75. The molecule has 0 spiro atoms. The summed E-state index contributed by atoms with van der Waals surface area (Å²) in [5.74, 6) is 0. The minimum absolute atomic E-state index is 0.311. The summed E-state index contributed by atoms with van der Waals surface area (Å²) in [6.45, 7) is 1.81. The molecule has 0 radical (unpaired) electrons. The normalized spacial score (nSPS) is 12.6. The fraction of sp³-hybridized carbons (Fsp3) is 0.455. The van der Waals surface area contributed by atoms with Crippen molar-refractivity contribution in [1.82, 2.24) is 0 Å². The van der Waals surface area contributed by atoms with Gasteiger partial charge in [-0.3, -0.25) is 4.18 Å². The highest BCUT2D eigenvalue weighted by molar-refractivity contribution is 7.80. The molecular weight excluding hydrogens is 228 g/mol. The van der Waals surface area contributed by atoms with Crippen LogP contribution in [0, 0.1) is 0 Å². The van der Waals surface area contributed by atoms with Crippen LogP contribution in [-0.2, 0) is 24.7 Å². The third kappa shape index (κ3) is 5.37. The molecule has 0 aliphatic carbocycles. The molecule has 1 unspecified atom stereocenters. The van der Waals surface area contributed by atoms with Gasteiger partial charge in [0.05, 0.1) is 31.3 Å². The SMILES string of the molecule is COCCOCCOS(=O)c1ccccc1. The molecule has 0 aromatic heterocycles. The van der Waals surface area contributed by atoms with Crippen LogP contribution < -0.4 is 0 Å². The van der Waals surface area contributed by atoms with Crippen molar-refractivity contribution in [1.29, 1.82) is 0 Å². The van der Waals surface area contributed by atoms with Gasteiger partial charge in [0, 0.05) is 7.11 Å². The van der Waals surface area contributed by atoms with Gasteiger partial charge >= 0.3 is 0 Å². The summed E-state index contributed by atoms with van der Waals surface area (Å²) in [6, 6.07) is 9.05. The molecule has 4 nitrogen and oxygen atoms in total. The van der Waals surface area contributed by atoms with E-state index in [-0.39, 0.29) is 0 Å². The Labute approximate surface area is 98.2 Å². The number of hydrogen-bond donors (Lipinski definition) is 0. The largest absolute Gasteiger partial charge is 0.382 e. The molecule has 0 saturated carbocycles. The van der Waals surface area contributed by atoms with Crippen LogP contribution in [0.2, 0.25) is 0 Å². The van der Waals surface area contributed by atoms with Gasteiger partial charge in [0.2, 0.25) is 0 Å². The van der Waals surface area contributed by atoms with Gasteiger partial charge in [0.1, 0.15) is 0 Å². The van der Waals surface area contributed by atoms with Crippen molar-refractivity contribution >= 4 is 11.1 Å². The number of hydrogen-bond acceptors (Lipinski definition) is 4. The van der Waals surface area contributed by atoms with Gasteiger partial charge < -0.3 is 9.47 Å². The van der Waals surface area contributed by atoms with Crippen LogP contribution in [0.5, 0.6) is 0 Å². The second-order valence-electron chi connectivity index (χ2n) is 2.97. The molecule has 0 N–H and O–H groups in total. The second-order valence-corrected chi connectivity index (χ2v) is 4.15. The first kappa shape index (κ1) is 13.3. The standard InChI is InChI=1S/C11H16O4S/c1-13-7-8-14-9-10-15-16(12)11-5-3-2-4-6-11/h2-6H,7-10H2,1H3. The maximum atomic E-state index is 11.5. The molecule has 16 heavy (non-hydrogen) atoms.